The number of hydrogen-bond acceptors (Lipinski definition) is 2. The third kappa shape index (κ3) is 2.48. The maximum Gasteiger partial charge on any atom is 0.0399 e. The van der Waals surface area contributed by atoms with Crippen LogP contribution in [0, 0.1) is 25.7 Å². The Morgan fingerprint density at radius 1 is 0.952 bits per heavy atom. The van der Waals surface area contributed by atoms with Gasteiger partial charge in [0.2, 0.25) is 0 Å². The third-order valence-electron chi connectivity index (χ3n) is 6.19. The molecule has 2 bridgehead atoms. The summed E-state index contributed by atoms with van der Waals surface area (Å²) in [5, 5.41) is 0. The van der Waals surface area contributed by atoms with Gasteiger partial charge in [0, 0.05) is 37.9 Å². The minimum atomic E-state index is 0.921. The molecule has 2 nitrogen and oxygen atoms in total. The molecule has 21 heavy (non-hydrogen) atoms. The van der Waals surface area contributed by atoms with E-state index in [0.29, 0.717) is 0 Å². The first-order valence-electron chi connectivity index (χ1n) is 8.77. The normalized spacial score (nSPS) is 32.9. The van der Waals surface area contributed by atoms with Crippen LogP contribution in [0.1, 0.15) is 36.8 Å². The molecule has 0 radical (unpaired) electrons. The van der Waals surface area contributed by atoms with Crippen molar-refractivity contribution in [3.8, 4) is 0 Å². The van der Waals surface area contributed by atoms with Crippen molar-refractivity contribution in [2.45, 2.75) is 45.6 Å². The van der Waals surface area contributed by atoms with Gasteiger partial charge in [-0.2, -0.15) is 0 Å². The van der Waals surface area contributed by atoms with E-state index >= 15 is 0 Å². The molecule has 0 amide bonds. The number of fused-ring (bicyclic) bond motifs is 2. The lowest BCUT2D eigenvalue weighted by atomic mass is 9.93. The predicted molar refractivity (Wildman–Crippen MR) is 88.9 cm³/mol. The zero-order valence-corrected chi connectivity index (χ0v) is 13.5. The lowest BCUT2D eigenvalue weighted by Crippen LogP contribution is -2.51. The SMILES string of the molecule is Cc1ccc(C)c(N2CCN([C@@H]3C[C@H]4CC[C@H]3C4)CC2)c1. The van der Waals surface area contributed by atoms with Crippen molar-refractivity contribution in [3.05, 3.63) is 29.3 Å². The van der Waals surface area contributed by atoms with Crippen LogP contribution in [0.25, 0.3) is 0 Å². The summed E-state index contributed by atoms with van der Waals surface area (Å²) in [6.45, 7) is 9.39. The molecule has 3 fully saturated rings. The molecule has 1 aromatic carbocycles. The van der Waals surface area contributed by atoms with Crippen LogP contribution in [-0.2, 0) is 0 Å². The van der Waals surface area contributed by atoms with Gasteiger partial charge in [-0.25, -0.2) is 0 Å². The average Bonchev–Trinajstić information content (AvgIpc) is 3.13. The van der Waals surface area contributed by atoms with Gasteiger partial charge in [0.25, 0.3) is 0 Å². The highest BCUT2D eigenvalue weighted by molar-refractivity contribution is 5.55. The van der Waals surface area contributed by atoms with Crippen LogP contribution in [0.3, 0.4) is 0 Å². The van der Waals surface area contributed by atoms with Crippen LogP contribution in [0.15, 0.2) is 18.2 Å². The van der Waals surface area contributed by atoms with Crippen LogP contribution < -0.4 is 4.90 Å². The molecule has 2 saturated carbocycles. The molecule has 0 spiro atoms. The molecule has 1 aromatic rings. The lowest BCUT2D eigenvalue weighted by molar-refractivity contribution is 0.135. The van der Waals surface area contributed by atoms with E-state index in [9.17, 15) is 0 Å². The summed E-state index contributed by atoms with van der Waals surface area (Å²) < 4.78 is 0. The van der Waals surface area contributed by atoms with Gasteiger partial charge in [-0.05, 0) is 62.1 Å². The fourth-order valence-electron chi connectivity index (χ4n) is 5.01. The van der Waals surface area contributed by atoms with Crippen molar-refractivity contribution >= 4 is 5.69 Å². The maximum absolute atomic E-state index is 2.81. The van der Waals surface area contributed by atoms with Crippen LogP contribution in [-0.4, -0.2) is 37.1 Å². The van der Waals surface area contributed by atoms with Crippen molar-refractivity contribution in [1.29, 1.82) is 0 Å². The van der Waals surface area contributed by atoms with E-state index in [1.54, 1.807) is 0 Å². The minimum absolute atomic E-state index is 0.921. The minimum Gasteiger partial charge on any atom is -0.369 e. The van der Waals surface area contributed by atoms with E-state index in [1.807, 2.05) is 0 Å². The molecule has 2 aliphatic carbocycles. The monoisotopic (exact) mass is 284 g/mol. The summed E-state index contributed by atoms with van der Waals surface area (Å²) in [6, 6.07) is 7.78. The van der Waals surface area contributed by atoms with Crippen LogP contribution in [0.5, 0.6) is 0 Å². The number of anilines is 1. The van der Waals surface area contributed by atoms with Gasteiger partial charge in [0.05, 0.1) is 0 Å². The average molecular weight is 284 g/mol. The van der Waals surface area contributed by atoms with E-state index in [2.05, 4.69) is 41.8 Å². The maximum atomic E-state index is 2.81. The van der Waals surface area contributed by atoms with Gasteiger partial charge in [-0.1, -0.05) is 18.6 Å². The summed E-state index contributed by atoms with van der Waals surface area (Å²) in [5.41, 5.74) is 4.27. The molecule has 3 atom stereocenters. The highest BCUT2D eigenvalue weighted by Crippen LogP contribution is 2.46. The van der Waals surface area contributed by atoms with Gasteiger partial charge >= 0.3 is 0 Å². The first-order chi connectivity index (χ1) is 10.2. The highest BCUT2D eigenvalue weighted by Gasteiger charge is 2.42. The molecule has 2 heteroatoms. The van der Waals surface area contributed by atoms with E-state index in [4.69, 9.17) is 0 Å². The Balaban J connectivity index is 1.41. The predicted octanol–water partition coefficient (Wildman–Crippen LogP) is 3.61. The van der Waals surface area contributed by atoms with Gasteiger partial charge in [-0.3, -0.25) is 4.90 Å². The number of aryl methyl sites for hydroxylation is 2. The van der Waals surface area contributed by atoms with Gasteiger partial charge < -0.3 is 4.90 Å². The third-order valence-corrected chi connectivity index (χ3v) is 6.19. The molecule has 0 aromatic heterocycles. The molecule has 114 valence electrons. The number of nitrogens with zero attached hydrogens (tertiary/aromatic N) is 2. The Labute approximate surface area is 129 Å². The topological polar surface area (TPSA) is 6.48 Å². The Bertz CT molecular complexity index is 516. The van der Waals surface area contributed by atoms with E-state index < -0.39 is 0 Å². The van der Waals surface area contributed by atoms with Crippen molar-refractivity contribution in [1.82, 2.24) is 4.90 Å². The lowest BCUT2D eigenvalue weighted by Gasteiger charge is -2.42. The summed E-state index contributed by atoms with van der Waals surface area (Å²) in [6.07, 6.45) is 6.05. The quantitative estimate of drug-likeness (QED) is 0.818. The molecule has 4 rings (SSSR count). The second-order valence-electron chi connectivity index (χ2n) is 7.56. The summed E-state index contributed by atoms with van der Waals surface area (Å²) in [4.78, 5) is 5.41. The summed E-state index contributed by atoms with van der Waals surface area (Å²) in [7, 11) is 0. The number of piperazine rings is 1. The first-order valence-corrected chi connectivity index (χ1v) is 8.77. The zero-order valence-electron chi connectivity index (χ0n) is 13.5. The molecule has 0 unspecified atom stereocenters. The molecule has 1 saturated heterocycles. The standard InChI is InChI=1S/C19H28N2/c1-14-3-4-15(2)18(11-14)20-7-9-21(10-8-20)19-13-16-5-6-17(19)12-16/h3-4,11,16-17,19H,5-10,12-13H2,1-2H3/t16-,17-,19+/m0/s1. The van der Waals surface area contributed by atoms with Gasteiger partial charge in [0.1, 0.15) is 0 Å². The second kappa shape index (κ2) is 5.31. The first kappa shape index (κ1) is 13.6. The number of hydrogen-bond donors (Lipinski definition) is 0. The fourth-order valence-corrected chi connectivity index (χ4v) is 5.01. The van der Waals surface area contributed by atoms with Crippen LogP contribution in [0.4, 0.5) is 5.69 Å². The Hall–Kier alpha value is -1.02. The van der Waals surface area contributed by atoms with Gasteiger partial charge in [-0.15, -0.1) is 0 Å². The van der Waals surface area contributed by atoms with E-state index in [-0.39, 0.29) is 0 Å². The van der Waals surface area contributed by atoms with Crippen LogP contribution >= 0.6 is 0 Å². The van der Waals surface area contributed by atoms with Crippen molar-refractivity contribution in [3.63, 3.8) is 0 Å². The molecular weight excluding hydrogens is 256 g/mol. The van der Waals surface area contributed by atoms with Crippen molar-refractivity contribution < 1.29 is 0 Å². The Kier molecular flexibility index (Phi) is 3.45. The smallest absolute Gasteiger partial charge is 0.0399 e. The zero-order chi connectivity index (χ0) is 14.4. The van der Waals surface area contributed by atoms with Crippen LogP contribution in [0.2, 0.25) is 0 Å². The van der Waals surface area contributed by atoms with Gasteiger partial charge in [0.15, 0.2) is 0 Å². The van der Waals surface area contributed by atoms with E-state index in [1.165, 1.54) is 68.7 Å². The Morgan fingerprint density at radius 2 is 1.76 bits per heavy atom. The number of benzene rings is 1. The molecular formula is C19H28N2. The molecule has 1 aliphatic heterocycles. The number of rotatable bonds is 2. The largest absolute Gasteiger partial charge is 0.369 e. The fraction of sp³-hybridized carbons (Fsp3) is 0.684. The van der Waals surface area contributed by atoms with E-state index in [0.717, 1.165) is 17.9 Å². The second-order valence-corrected chi connectivity index (χ2v) is 7.56. The van der Waals surface area contributed by atoms with Crippen molar-refractivity contribution in [2.24, 2.45) is 11.8 Å². The van der Waals surface area contributed by atoms with Crippen molar-refractivity contribution in [2.75, 3.05) is 31.1 Å². The molecule has 3 aliphatic rings. The molecule has 0 N–H and O–H groups in total. The summed E-state index contributed by atoms with van der Waals surface area (Å²) >= 11 is 0. The highest BCUT2D eigenvalue weighted by atomic mass is 15.3. The molecule has 1 heterocycles. The Morgan fingerprint density at radius 3 is 2.43 bits per heavy atom. The summed E-state index contributed by atoms with van der Waals surface area (Å²) in [5.74, 6) is 2.10.